The number of carbonyl (C=O) groups excluding carboxylic acids is 2. The van der Waals surface area contributed by atoms with Crippen LogP contribution in [0.2, 0.25) is 0 Å². The molecule has 0 aromatic heterocycles. The quantitative estimate of drug-likeness (QED) is 0.297. The van der Waals surface area contributed by atoms with Crippen LogP contribution in [0.4, 0.5) is 0 Å². The minimum atomic E-state index is -0.834. The second-order valence-electron chi connectivity index (χ2n) is 2.92. The summed E-state index contributed by atoms with van der Waals surface area (Å²) in [7, 11) is 0. The van der Waals surface area contributed by atoms with Crippen molar-refractivity contribution < 1.29 is 14.4 Å². The first-order valence-corrected chi connectivity index (χ1v) is 3.99. The molecule has 0 spiro atoms. The van der Waals surface area contributed by atoms with Crippen molar-refractivity contribution in [3.05, 3.63) is 24.3 Å². The molecule has 82 valence electrons. The first-order valence-electron chi connectivity index (χ1n) is 3.99. The van der Waals surface area contributed by atoms with Gasteiger partial charge in [-0.1, -0.05) is 18.2 Å². The Bertz CT molecular complexity index is 347. The van der Waals surface area contributed by atoms with Gasteiger partial charge in [0.05, 0.1) is 0 Å². The van der Waals surface area contributed by atoms with Crippen LogP contribution in [-0.2, 0) is 14.4 Å². The Morgan fingerprint density at radius 1 is 1.27 bits per heavy atom. The molecular weight excluding hydrogens is 198 g/mol. The third-order valence-electron chi connectivity index (χ3n) is 1.29. The van der Waals surface area contributed by atoms with Crippen LogP contribution in [0.15, 0.2) is 24.3 Å². The highest BCUT2D eigenvalue weighted by Crippen LogP contribution is 2.02. The van der Waals surface area contributed by atoms with E-state index in [2.05, 4.69) is 18.0 Å². The predicted molar refractivity (Wildman–Crippen MR) is 54.5 cm³/mol. The van der Waals surface area contributed by atoms with E-state index in [0.717, 1.165) is 0 Å². The van der Waals surface area contributed by atoms with Crippen molar-refractivity contribution in [3.63, 3.8) is 0 Å². The molecule has 6 heteroatoms. The number of hydroxylamine groups is 2. The van der Waals surface area contributed by atoms with Crippen LogP contribution in [-0.4, -0.2) is 22.9 Å². The maximum Gasteiger partial charge on any atom is 0.359 e. The predicted octanol–water partition coefficient (Wildman–Crippen LogP) is 0.319. The molecule has 0 rings (SSSR count). The molecule has 0 bridgehead atoms. The summed E-state index contributed by atoms with van der Waals surface area (Å²) in [5.74, 6) is -2.28. The lowest BCUT2D eigenvalue weighted by Gasteiger charge is -2.18. The van der Waals surface area contributed by atoms with Gasteiger partial charge in [0.1, 0.15) is 0 Å². The number of nitrogens with one attached hydrogen (secondary N) is 1. The number of nitrogens with two attached hydrogens (primary N) is 1. The van der Waals surface area contributed by atoms with Crippen LogP contribution in [0.1, 0.15) is 13.8 Å². The fraction of sp³-hybridized carbons (Fsp3) is 0.222. The molecular formula is C9H13N3O3. The summed E-state index contributed by atoms with van der Waals surface area (Å²) in [6, 6.07) is 0. The van der Waals surface area contributed by atoms with Gasteiger partial charge in [0.2, 0.25) is 5.96 Å². The summed E-state index contributed by atoms with van der Waals surface area (Å²) in [6.45, 7) is 9.50. The number of guanidine groups is 1. The SMILES string of the molecule is C=C(C)C(=O)ON(C(=N)N)C(=O)C(=C)C. The Balaban J connectivity index is 4.78. The third kappa shape index (κ3) is 3.63. The zero-order valence-electron chi connectivity index (χ0n) is 8.66. The highest BCUT2D eigenvalue weighted by atomic mass is 16.7. The van der Waals surface area contributed by atoms with Crippen LogP contribution in [0, 0.1) is 5.41 Å². The average Bonchev–Trinajstić information content (AvgIpc) is 2.11. The Morgan fingerprint density at radius 2 is 1.73 bits per heavy atom. The summed E-state index contributed by atoms with van der Waals surface area (Å²) >= 11 is 0. The number of amides is 1. The van der Waals surface area contributed by atoms with Crippen LogP contribution >= 0.6 is 0 Å². The average molecular weight is 211 g/mol. The summed E-state index contributed by atoms with van der Waals surface area (Å²) in [4.78, 5) is 27.0. The van der Waals surface area contributed by atoms with Gasteiger partial charge >= 0.3 is 5.97 Å². The zero-order chi connectivity index (χ0) is 12.2. The summed E-state index contributed by atoms with van der Waals surface area (Å²) in [5, 5.41) is 7.40. The van der Waals surface area contributed by atoms with Gasteiger partial charge in [-0.05, 0) is 13.8 Å². The molecule has 1 amide bonds. The number of nitrogens with zero attached hydrogens (tertiary/aromatic N) is 1. The molecule has 0 aliphatic heterocycles. The molecule has 0 unspecified atom stereocenters. The van der Waals surface area contributed by atoms with E-state index in [1.165, 1.54) is 13.8 Å². The van der Waals surface area contributed by atoms with Gasteiger partial charge in [0, 0.05) is 11.1 Å². The number of hydrogen-bond donors (Lipinski definition) is 2. The van der Waals surface area contributed by atoms with Gasteiger partial charge in [-0.2, -0.15) is 0 Å². The fourth-order valence-corrected chi connectivity index (χ4v) is 0.534. The van der Waals surface area contributed by atoms with Crippen molar-refractivity contribution in [2.45, 2.75) is 13.8 Å². The molecule has 0 atom stereocenters. The van der Waals surface area contributed by atoms with Gasteiger partial charge in [-0.15, -0.1) is 0 Å². The lowest BCUT2D eigenvalue weighted by molar-refractivity contribution is -0.176. The van der Waals surface area contributed by atoms with E-state index >= 15 is 0 Å². The van der Waals surface area contributed by atoms with E-state index in [0.29, 0.717) is 5.06 Å². The summed E-state index contributed by atoms with van der Waals surface area (Å²) in [6.07, 6.45) is 0. The van der Waals surface area contributed by atoms with Crippen LogP contribution in [0.25, 0.3) is 0 Å². The Morgan fingerprint density at radius 3 is 2.00 bits per heavy atom. The van der Waals surface area contributed by atoms with Crippen molar-refractivity contribution >= 4 is 17.8 Å². The molecule has 0 heterocycles. The maximum atomic E-state index is 11.3. The van der Waals surface area contributed by atoms with E-state index < -0.39 is 17.8 Å². The maximum absolute atomic E-state index is 11.3. The molecule has 0 aromatic carbocycles. The molecule has 15 heavy (non-hydrogen) atoms. The minimum Gasteiger partial charge on any atom is -0.367 e. The fourth-order valence-electron chi connectivity index (χ4n) is 0.534. The molecule has 0 aromatic rings. The smallest absolute Gasteiger partial charge is 0.359 e. The van der Waals surface area contributed by atoms with Gasteiger partial charge in [0.25, 0.3) is 5.91 Å². The Labute approximate surface area is 87.5 Å². The Kier molecular flexibility index (Phi) is 4.25. The van der Waals surface area contributed by atoms with Crippen LogP contribution < -0.4 is 5.73 Å². The van der Waals surface area contributed by atoms with Gasteiger partial charge < -0.3 is 10.6 Å². The molecule has 0 aliphatic carbocycles. The van der Waals surface area contributed by atoms with E-state index in [9.17, 15) is 9.59 Å². The van der Waals surface area contributed by atoms with E-state index in [1.54, 1.807) is 0 Å². The second-order valence-corrected chi connectivity index (χ2v) is 2.92. The lowest BCUT2D eigenvalue weighted by Crippen LogP contribution is -2.43. The molecule has 6 nitrogen and oxygen atoms in total. The van der Waals surface area contributed by atoms with Crippen molar-refractivity contribution in [3.8, 4) is 0 Å². The monoisotopic (exact) mass is 211 g/mol. The van der Waals surface area contributed by atoms with Gasteiger partial charge in [-0.25, -0.2) is 4.79 Å². The summed E-state index contributed by atoms with van der Waals surface area (Å²) in [5.41, 5.74) is 5.25. The van der Waals surface area contributed by atoms with Crippen molar-refractivity contribution in [2.75, 3.05) is 0 Å². The molecule has 0 saturated heterocycles. The van der Waals surface area contributed by atoms with Crippen molar-refractivity contribution in [2.24, 2.45) is 5.73 Å². The highest BCUT2D eigenvalue weighted by molar-refractivity contribution is 6.03. The van der Waals surface area contributed by atoms with Crippen LogP contribution in [0.3, 0.4) is 0 Å². The van der Waals surface area contributed by atoms with E-state index in [4.69, 9.17) is 11.1 Å². The molecule has 0 fully saturated rings. The minimum absolute atomic E-state index is 0.0933. The largest absolute Gasteiger partial charge is 0.367 e. The highest BCUT2D eigenvalue weighted by Gasteiger charge is 2.22. The van der Waals surface area contributed by atoms with E-state index in [-0.39, 0.29) is 11.1 Å². The number of carbonyl (C=O) groups is 2. The normalized spacial score (nSPS) is 8.93. The zero-order valence-corrected chi connectivity index (χ0v) is 8.66. The van der Waals surface area contributed by atoms with E-state index in [1.807, 2.05) is 0 Å². The lowest BCUT2D eigenvalue weighted by atomic mass is 10.3. The standard InChI is InChI=1S/C9H13N3O3/c1-5(2)7(13)12(9(10)11)15-8(14)6(3)4/h1,3H2,2,4H3,(H3,10,11). The number of hydrogen-bond acceptors (Lipinski definition) is 4. The molecule has 0 aliphatic rings. The van der Waals surface area contributed by atoms with Crippen molar-refractivity contribution in [1.29, 1.82) is 5.41 Å². The second kappa shape index (κ2) is 4.94. The molecule has 0 saturated carbocycles. The summed E-state index contributed by atoms with van der Waals surface area (Å²) < 4.78 is 0. The first-order chi connectivity index (χ1) is 6.77. The van der Waals surface area contributed by atoms with Gasteiger partial charge in [-0.3, -0.25) is 10.2 Å². The molecule has 0 radical (unpaired) electrons. The van der Waals surface area contributed by atoms with Crippen molar-refractivity contribution in [1.82, 2.24) is 5.06 Å². The molecule has 3 N–H and O–H groups in total. The Hall–Kier alpha value is -2.11. The first kappa shape index (κ1) is 12.9. The van der Waals surface area contributed by atoms with Crippen LogP contribution in [0.5, 0.6) is 0 Å². The third-order valence-corrected chi connectivity index (χ3v) is 1.29. The van der Waals surface area contributed by atoms with Gasteiger partial charge in [0.15, 0.2) is 0 Å². The topological polar surface area (TPSA) is 96.5 Å². The number of rotatable bonds is 2.